The molecule has 1 aliphatic heterocycles. The SMILES string of the molecule is Brc1ccc(N2CCOC3(CC3)C2)cc1. The Hall–Kier alpha value is -0.540. The molecule has 0 unspecified atom stereocenters. The van der Waals surface area contributed by atoms with Crippen molar-refractivity contribution in [1.82, 2.24) is 0 Å². The number of benzene rings is 1. The van der Waals surface area contributed by atoms with Crippen LogP contribution in [0.1, 0.15) is 12.8 Å². The highest BCUT2D eigenvalue weighted by molar-refractivity contribution is 9.10. The van der Waals surface area contributed by atoms with Crippen molar-refractivity contribution in [2.24, 2.45) is 0 Å². The summed E-state index contributed by atoms with van der Waals surface area (Å²) in [5.41, 5.74) is 1.53. The monoisotopic (exact) mass is 267 g/mol. The summed E-state index contributed by atoms with van der Waals surface area (Å²) < 4.78 is 6.94. The normalized spacial score (nSPS) is 23.1. The fraction of sp³-hybridized carbons (Fsp3) is 0.500. The summed E-state index contributed by atoms with van der Waals surface area (Å²) in [4.78, 5) is 2.43. The number of ether oxygens (including phenoxy) is 1. The van der Waals surface area contributed by atoms with E-state index in [9.17, 15) is 0 Å². The molecule has 0 amide bonds. The molecule has 1 aromatic carbocycles. The van der Waals surface area contributed by atoms with E-state index < -0.39 is 0 Å². The van der Waals surface area contributed by atoms with Crippen LogP contribution in [0.2, 0.25) is 0 Å². The highest BCUT2D eigenvalue weighted by Gasteiger charge is 2.47. The first kappa shape index (κ1) is 9.67. The Kier molecular flexibility index (Phi) is 2.25. The van der Waals surface area contributed by atoms with Crippen LogP contribution >= 0.6 is 15.9 Å². The smallest absolute Gasteiger partial charge is 0.0859 e. The van der Waals surface area contributed by atoms with E-state index in [1.165, 1.54) is 18.5 Å². The molecule has 3 heteroatoms. The van der Waals surface area contributed by atoms with Crippen molar-refractivity contribution >= 4 is 21.6 Å². The third-order valence-electron chi connectivity index (χ3n) is 3.25. The highest BCUT2D eigenvalue weighted by Crippen LogP contribution is 2.42. The minimum atomic E-state index is 0.214. The molecule has 1 saturated heterocycles. The van der Waals surface area contributed by atoms with E-state index in [1.807, 2.05) is 0 Å². The van der Waals surface area contributed by atoms with E-state index in [0.717, 1.165) is 24.2 Å². The number of rotatable bonds is 1. The van der Waals surface area contributed by atoms with E-state index in [-0.39, 0.29) is 5.60 Å². The van der Waals surface area contributed by atoms with Crippen molar-refractivity contribution in [2.45, 2.75) is 18.4 Å². The molecule has 1 aromatic rings. The fourth-order valence-corrected chi connectivity index (χ4v) is 2.42. The summed E-state index contributed by atoms with van der Waals surface area (Å²) in [6.45, 7) is 2.95. The van der Waals surface area contributed by atoms with Crippen molar-refractivity contribution in [3.8, 4) is 0 Å². The molecule has 0 N–H and O–H groups in total. The third kappa shape index (κ3) is 1.91. The number of anilines is 1. The van der Waals surface area contributed by atoms with Gasteiger partial charge >= 0.3 is 0 Å². The highest BCUT2D eigenvalue weighted by atomic mass is 79.9. The lowest BCUT2D eigenvalue weighted by Crippen LogP contribution is -2.43. The molecule has 3 rings (SSSR count). The van der Waals surface area contributed by atoms with Crippen LogP contribution < -0.4 is 4.90 Å². The summed E-state index contributed by atoms with van der Waals surface area (Å²) in [5, 5.41) is 0. The molecule has 1 spiro atoms. The van der Waals surface area contributed by atoms with E-state index in [2.05, 4.69) is 45.1 Å². The zero-order valence-corrected chi connectivity index (χ0v) is 10.2. The Morgan fingerprint density at radius 1 is 1.20 bits per heavy atom. The minimum Gasteiger partial charge on any atom is -0.371 e. The summed E-state index contributed by atoms with van der Waals surface area (Å²) >= 11 is 3.46. The number of morpholine rings is 1. The van der Waals surface area contributed by atoms with Crippen LogP contribution in [0.15, 0.2) is 28.7 Å². The predicted octanol–water partition coefficient (Wildman–Crippen LogP) is 2.82. The van der Waals surface area contributed by atoms with Gasteiger partial charge in [0.15, 0.2) is 0 Å². The Morgan fingerprint density at radius 3 is 2.60 bits per heavy atom. The average molecular weight is 268 g/mol. The van der Waals surface area contributed by atoms with Gasteiger partial charge in [-0.05, 0) is 37.1 Å². The van der Waals surface area contributed by atoms with Gasteiger partial charge < -0.3 is 9.64 Å². The number of hydrogen-bond donors (Lipinski definition) is 0. The van der Waals surface area contributed by atoms with E-state index in [0.29, 0.717) is 0 Å². The molecule has 0 aromatic heterocycles. The topological polar surface area (TPSA) is 12.5 Å². The first-order chi connectivity index (χ1) is 7.27. The maximum Gasteiger partial charge on any atom is 0.0859 e. The average Bonchev–Trinajstić information content (AvgIpc) is 2.99. The van der Waals surface area contributed by atoms with Gasteiger partial charge in [-0.15, -0.1) is 0 Å². The van der Waals surface area contributed by atoms with Crippen molar-refractivity contribution in [1.29, 1.82) is 0 Å². The molecule has 1 aliphatic carbocycles. The van der Waals surface area contributed by atoms with Crippen molar-refractivity contribution in [3.63, 3.8) is 0 Å². The molecule has 80 valence electrons. The minimum absolute atomic E-state index is 0.214. The summed E-state index contributed by atoms with van der Waals surface area (Å²) in [5.74, 6) is 0. The van der Waals surface area contributed by atoms with Crippen LogP contribution in [0.5, 0.6) is 0 Å². The maximum absolute atomic E-state index is 5.80. The Balaban J connectivity index is 1.78. The van der Waals surface area contributed by atoms with Gasteiger partial charge in [-0.25, -0.2) is 0 Å². The van der Waals surface area contributed by atoms with Gasteiger partial charge in [-0.2, -0.15) is 0 Å². The van der Waals surface area contributed by atoms with Crippen LogP contribution in [0.4, 0.5) is 5.69 Å². The number of halogens is 1. The van der Waals surface area contributed by atoms with E-state index in [4.69, 9.17) is 4.74 Å². The van der Waals surface area contributed by atoms with Crippen LogP contribution in [0.25, 0.3) is 0 Å². The summed E-state index contributed by atoms with van der Waals surface area (Å²) in [6.07, 6.45) is 2.47. The molecule has 1 heterocycles. The Labute approximate surface area is 98.4 Å². The lowest BCUT2D eigenvalue weighted by atomic mass is 10.2. The Morgan fingerprint density at radius 2 is 1.93 bits per heavy atom. The molecule has 2 aliphatic rings. The van der Waals surface area contributed by atoms with Gasteiger partial charge in [-0.3, -0.25) is 0 Å². The second kappa shape index (κ2) is 3.49. The predicted molar refractivity (Wildman–Crippen MR) is 64.3 cm³/mol. The van der Waals surface area contributed by atoms with Crippen molar-refractivity contribution in [2.75, 3.05) is 24.6 Å². The van der Waals surface area contributed by atoms with Gasteiger partial charge in [0, 0.05) is 23.2 Å². The number of nitrogens with zero attached hydrogens (tertiary/aromatic N) is 1. The van der Waals surface area contributed by atoms with Crippen molar-refractivity contribution < 1.29 is 4.74 Å². The van der Waals surface area contributed by atoms with E-state index in [1.54, 1.807) is 0 Å². The molecule has 2 fully saturated rings. The zero-order chi connectivity index (χ0) is 10.3. The standard InChI is InChI=1S/C12H14BrNO/c13-10-1-3-11(4-2-10)14-7-8-15-12(9-14)5-6-12/h1-4H,5-9H2. The molecule has 0 bridgehead atoms. The lowest BCUT2D eigenvalue weighted by Gasteiger charge is -2.34. The largest absolute Gasteiger partial charge is 0.371 e. The second-order valence-electron chi connectivity index (χ2n) is 4.43. The quantitative estimate of drug-likeness (QED) is 0.776. The molecule has 2 nitrogen and oxygen atoms in total. The number of hydrogen-bond acceptors (Lipinski definition) is 2. The van der Waals surface area contributed by atoms with Crippen LogP contribution in [-0.2, 0) is 4.74 Å². The van der Waals surface area contributed by atoms with Crippen LogP contribution in [0, 0.1) is 0 Å². The first-order valence-corrected chi connectivity index (χ1v) is 6.21. The summed E-state index contributed by atoms with van der Waals surface area (Å²) in [6, 6.07) is 8.55. The van der Waals surface area contributed by atoms with Gasteiger partial charge in [0.05, 0.1) is 12.2 Å². The fourth-order valence-electron chi connectivity index (χ4n) is 2.16. The zero-order valence-electron chi connectivity index (χ0n) is 8.58. The molecular weight excluding hydrogens is 254 g/mol. The first-order valence-electron chi connectivity index (χ1n) is 5.42. The third-order valence-corrected chi connectivity index (χ3v) is 3.78. The van der Waals surface area contributed by atoms with Gasteiger partial charge in [0.1, 0.15) is 0 Å². The molecule has 15 heavy (non-hydrogen) atoms. The van der Waals surface area contributed by atoms with Gasteiger partial charge in [0.25, 0.3) is 0 Å². The molecular formula is C12H14BrNO. The molecule has 0 atom stereocenters. The molecule has 1 saturated carbocycles. The van der Waals surface area contributed by atoms with E-state index >= 15 is 0 Å². The summed E-state index contributed by atoms with van der Waals surface area (Å²) in [7, 11) is 0. The molecule has 0 radical (unpaired) electrons. The van der Waals surface area contributed by atoms with Crippen LogP contribution in [0.3, 0.4) is 0 Å². The lowest BCUT2D eigenvalue weighted by molar-refractivity contribution is 0.0206. The van der Waals surface area contributed by atoms with Gasteiger partial charge in [-0.1, -0.05) is 15.9 Å². The van der Waals surface area contributed by atoms with Crippen molar-refractivity contribution in [3.05, 3.63) is 28.7 Å². The maximum atomic E-state index is 5.80. The Bertz CT molecular complexity index is 358. The second-order valence-corrected chi connectivity index (χ2v) is 5.35. The van der Waals surface area contributed by atoms with Gasteiger partial charge in [0.2, 0.25) is 0 Å². The van der Waals surface area contributed by atoms with Crippen LogP contribution in [-0.4, -0.2) is 25.3 Å².